The molecule has 4 nitrogen and oxygen atoms in total. The number of piperidine rings is 1. The number of likely N-dealkylation sites (tertiary alicyclic amines) is 1. The predicted octanol–water partition coefficient (Wildman–Crippen LogP) is 0.759. The van der Waals surface area contributed by atoms with Crippen molar-refractivity contribution in [3.8, 4) is 0 Å². The minimum absolute atomic E-state index is 0.229. The van der Waals surface area contributed by atoms with Crippen molar-refractivity contribution in [2.75, 3.05) is 19.6 Å². The van der Waals surface area contributed by atoms with Crippen LogP contribution in [0.4, 0.5) is 0 Å². The molecule has 1 amide bonds. The molecule has 0 saturated carbocycles. The van der Waals surface area contributed by atoms with Crippen LogP contribution in [-0.4, -0.2) is 53.6 Å². The van der Waals surface area contributed by atoms with E-state index in [1.54, 1.807) is 6.92 Å². The number of nitrogens with zero attached hydrogens (tertiary/aromatic N) is 3. The molecular weight excluding hydrogens is 214 g/mol. The van der Waals surface area contributed by atoms with Gasteiger partial charge in [0.25, 0.3) is 6.34 Å². The van der Waals surface area contributed by atoms with Gasteiger partial charge in [-0.15, -0.1) is 0 Å². The minimum Gasteiger partial charge on any atom is -0.343 e. The first kappa shape index (κ1) is 10.9. The van der Waals surface area contributed by atoms with Gasteiger partial charge in [-0.2, -0.15) is 0 Å². The van der Waals surface area contributed by atoms with E-state index in [2.05, 4.69) is 15.8 Å². The molecule has 3 rings (SSSR count). The van der Waals surface area contributed by atoms with Crippen LogP contribution in [0.2, 0.25) is 0 Å². The first-order chi connectivity index (χ1) is 8.25. The number of amides is 1. The molecule has 2 fully saturated rings. The average Bonchev–Trinajstić information content (AvgIpc) is 2.97. The number of aliphatic imine (C=N–C) groups is 1. The molecule has 0 aromatic carbocycles. The Morgan fingerprint density at radius 1 is 1.47 bits per heavy atom. The van der Waals surface area contributed by atoms with Crippen LogP contribution < -0.4 is 0 Å². The van der Waals surface area contributed by atoms with Gasteiger partial charge in [-0.05, 0) is 25.2 Å². The summed E-state index contributed by atoms with van der Waals surface area (Å²) in [4.78, 5) is 17.7. The molecule has 0 aliphatic carbocycles. The van der Waals surface area contributed by atoms with Gasteiger partial charge in [-0.1, -0.05) is 4.99 Å². The third-order valence-corrected chi connectivity index (χ3v) is 4.50. The van der Waals surface area contributed by atoms with Crippen LogP contribution in [-0.2, 0) is 4.79 Å². The van der Waals surface area contributed by atoms with Gasteiger partial charge in [0, 0.05) is 25.9 Å². The summed E-state index contributed by atoms with van der Waals surface area (Å²) in [6, 6.07) is 0.501. The van der Waals surface area contributed by atoms with E-state index in [4.69, 9.17) is 0 Å². The maximum atomic E-state index is 11.4. The molecule has 2 saturated heterocycles. The maximum absolute atomic E-state index is 11.4. The highest BCUT2D eigenvalue weighted by Crippen LogP contribution is 2.33. The van der Waals surface area contributed by atoms with E-state index in [0.29, 0.717) is 17.9 Å². The van der Waals surface area contributed by atoms with Crippen molar-refractivity contribution in [3.63, 3.8) is 0 Å². The first-order valence-corrected chi connectivity index (χ1v) is 6.63. The van der Waals surface area contributed by atoms with Gasteiger partial charge in [0.05, 0.1) is 6.54 Å². The molecule has 0 N–H and O–H groups in total. The van der Waals surface area contributed by atoms with Crippen LogP contribution in [0.5, 0.6) is 0 Å². The molecule has 3 aliphatic heterocycles. The molecule has 0 spiro atoms. The van der Waals surface area contributed by atoms with E-state index in [-0.39, 0.29) is 5.91 Å². The van der Waals surface area contributed by atoms with Crippen molar-refractivity contribution < 1.29 is 9.37 Å². The molecule has 3 aliphatic rings. The second-order valence-corrected chi connectivity index (χ2v) is 5.46. The zero-order chi connectivity index (χ0) is 11.8. The van der Waals surface area contributed by atoms with E-state index in [9.17, 15) is 4.79 Å². The number of fused-ring (bicyclic) bond motifs is 1. The lowest BCUT2D eigenvalue weighted by atomic mass is 9.80. The lowest BCUT2D eigenvalue weighted by molar-refractivity contribution is -0.561. The average molecular weight is 234 g/mol. The molecule has 3 atom stereocenters. The minimum atomic E-state index is 0.229. The van der Waals surface area contributed by atoms with Crippen LogP contribution >= 0.6 is 0 Å². The fraction of sp³-hybridized carbons (Fsp3) is 0.769. The summed E-state index contributed by atoms with van der Waals surface area (Å²) < 4.78 is 2.37. The normalized spacial score (nSPS) is 35.9. The molecule has 4 heteroatoms. The Kier molecular flexibility index (Phi) is 2.73. The van der Waals surface area contributed by atoms with E-state index < -0.39 is 0 Å². The van der Waals surface area contributed by atoms with Crippen molar-refractivity contribution in [1.29, 1.82) is 0 Å². The number of carbonyl (C=O) groups is 1. The third-order valence-electron chi connectivity index (χ3n) is 4.50. The summed E-state index contributed by atoms with van der Waals surface area (Å²) in [6.07, 6.45) is 7.80. The fourth-order valence-electron chi connectivity index (χ4n) is 3.56. The van der Waals surface area contributed by atoms with Crippen LogP contribution in [0.1, 0.15) is 26.2 Å². The van der Waals surface area contributed by atoms with Crippen LogP contribution in [0, 0.1) is 11.8 Å². The third kappa shape index (κ3) is 1.90. The molecule has 0 radical (unpaired) electrons. The summed E-state index contributed by atoms with van der Waals surface area (Å²) >= 11 is 0. The Hall–Kier alpha value is -1.19. The van der Waals surface area contributed by atoms with Crippen LogP contribution in [0.3, 0.4) is 0 Å². The van der Waals surface area contributed by atoms with Gasteiger partial charge in [0.15, 0.2) is 12.3 Å². The van der Waals surface area contributed by atoms with Gasteiger partial charge in [0.2, 0.25) is 5.91 Å². The van der Waals surface area contributed by atoms with E-state index in [0.717, 1.165) is 19.6 Å². The van der Waals surface area contributed by atoms with Crippen molar-refractivity contribution in [3.05, 3.63) is 0 Å². The first-order valence-electron chi connectivity index (χ1n) is 6.63. The van der Waals surface area contributed by atoms with Crippen molar-refractivity contribution in [2.45, 2.75) is 32.2 Å². The Morgan fingerprint density at radius 2 is 2.35 bits per heavy atom. The number of hydrogen-bond acceptors (Lipinski definition) is 2. The largest absolute Gasteiger partial charge is 0.343 e. The number of rotatable bonds is 1. The Bertz CT molecular complexity index is 388. The molecule has 0 aromatic rings. The summed E-state index contributed by atoms with van der Waals surface area (Å²) in [5.41, 5.74) is 0. The smallest absolute Gasteiger partial charge is 0.281 e. The molecule has 92 valence electrons. The highest BCUT2D eigenvalue weighted by atomic mass is 16.2. The zero-order valence-electron chi connectivity index (χ0n) is 10.4. The van der Waals surface area contributed by atoms with Crippen molar-refractivity contribution in [1.82, 2.24) is 4.90 Å². The molecule has 3 unspecified atom stereocenters. The van der Waals surface area contributed by atoms with Crippen LogP contribution in [0.25, 0.3) is 0 Å². The lowest BCUT2D eigenvalue weighted by Crippen LogP contribution is -2.42. The second-order valence-electron chi connectivity index (χ2n) is 5.46. The Morgan fingerprint density at radius 3 is 3.12 bits per heavy atom. The summed E-state index contributed by atoms with van der Waals surface area (Å²) in [5.74, 6) is 1.59. The topological polar surface area (TPSA) is 35.7 Å². The van der Waals surface area contributed by atoms with E-state index in [1.165, 1.54) is 19.3 Å². The SMILES string of the molecule is CC(=O)N1CCC(C2CCC[N+]3=CN=CC23)C1. The monoisotopic (exact) mass is 234 g/mol. The fourth-order valence-corrected chi connectivity index (χ4v) is 3.56. The molecule has 0 bridgehead atoms. The number of carbonyl (C=O) groups excluding carboxylic acids is 1. The Balaban J connectivity index is 1.70. The summed E-state index contributed by atoms with van der Waals surface area (Å²) in [6.45, 7) is 4.73. The van der Waals surface area contributed by atoms with Gasteiger partial charge in [-0.25, -0.2) is 0 Å². The quantitative estimate of drug-likeness (QED) is 0.617. The Labute approximate surface area is 102 Å². The zero-order valence-corrected chi connectivity index (χ0v) is 10.4. The summed E-state index contributed by atoms with van der Waals surface area (Å²) in [5, 5.41) is 0. The van der Waals surface area contributed by atoms with E-state index in [1.807, 2.05) is 11.2 Å². The molecular formula is C13H20N3O+. The standard InChI is InChI=1S/C13H20N3O/c1-10(17)15-6-4-11(8-15)12-3-2-5-16-9-14-7-13(12)16/h7,9,11-13H,2-6,8H2,1H3/q+1. The van der Waals surface area contributed by atoms with Crippen molar-refractivity contribution in [2.24, 2.45) is 16.8 Å². The maximum Gasteiger partial charge on any atom is 0.281 e. The number of hydrogen-bond donors (Lipinski definition) is 0. The van der Waals surface area contributed by atoms with Gasteiger partial charge in [0.1, 0.15) is 0 Å². The summed E-state index contributed by atoms with van der Waals surface area (Å²) in [7, 11) is 0. The predicted molar refractivity (Wildman–Crippen MR) is 66.6 cm³/mol. The lowest BCUT2D eigenvalue weighted by Gasteiger charge is -2.31. The molecule has 0 aromatic heterocycles. The highest BCUT2D eigenvalue weighted by molar-refractivity contribution is 5.77. The van der Waals surface area contributed by atoms with Gasteiger partial charge in [-0.3, -0.25) is 9.37 Å². The molecule has 3 heterocycles. The van der Waals surface area contributed by atoms with E-state index >= 15 is 0 Å². The van der Waals surface area contributed by atoms with Gasteiger partial charge < -0.3 is 4.90 Å². The second kappa shape index (κ2) is 4.24. The van der Waals surface area contributed by atoms with Gasteiger partial charge >= 0.3 is 0 Å². The van der Waals surface area contributed by atoms with Crippen LogP contribution in [0.15, 0.2) is 4.99 Å². The molecule has 17 heavy (non-hydrogen) atoms. The highest BCUT2D eigenvalue weighted by Gasteiger charge is 2.41. The van der Waals surface area contributed by atoms with Crippen molar-refractivity contribution >= 4 is 18.5 Å².